The van der Waals surface area contributed by atoms with Gasteiger partial charge in [-0.3, -0.25) is 4.79 Å². The Bertz CT molecular complexity index is 574. The minimum Gasteiger partial charge on any atom is -0.384 e. The second-order valence-electron chi connectivity index (χ2n) is 7.17. The molecule has 3 saturated heterocycles. The number of rotatable bonds is 5. The van der Waals surface area contributed by atoms with E-state index in [0.29, 0.717) is 59.1 Å². The van der Waals surface area contributed by atoms with Gasteiger partial charge in [-0.2, -0.15) is 17.0 Å². The fourth-order valence-corrected chi connectivity index (χ4v) is 5.56. The monoisotopic (exact) mass is 390 g/mol. The van der Waals surface area contributed by atoms with Crippen molar-refractivity contribution in [2.45, 2.75) is 12.8 Å². The summed E-state index contributed by atoms with van der Waals surface area (Å²) in [7, 11) is -1.84. The summed E-state index contributed by atoms with van der Waals surface area (Å²) in [6.07, 6.45) is 1.51. The van der Waals surface area contributed by atoms with Gasteiger partial charge in [0.25, 0.3) is 10.2 Å². The molecule has 0 spiro atoms. The molecule has 0 aromatic heterocycles. The third-order valence-corrected chi connectivity index (χ3v) is 7.62. The Balaban J connectivity index is 1.61. The summed E-state index contributed by atoms with van der Waals surface area (Å²) < 4.78 is 39.1. The van der Waals surface area contributed by atoms with Crippen LogP contribution in [0, 0.1) is 5.41 Å². The summed E-state index contributed by atoms with van der Waals surface area (Å²) in [5.41, 5.74) is -0.481. The molecule has 3 fully saturated rings. The molecule has 10 heteroatoms. The number of hydrogen-bond donors (Lipinski definition) is 1. The number of methoxy groups -OCH3 is 1. The fraction of sp³-hybridized carbons (Fsp3) is 0.938. The Morgan fingerprint density at radius 1 is 1.04 bits per heavy atom. The minimum atomic E-state index is -3.47. The van der Waals surface area contributed by atoms with Gasteiger partial charge in [-0.25, -0.2) is 0 Å². The van der Waals surface area contributed by atoms with Crippen LogP contribution in [-0.4, -0.2) is 107 Å². The number of ether oxygens (including phenoxy) is 2. The number of carbonyl (C=O) groups excluding carboxylic acids is 1. The average molecular weight is 391 g/mol. The molecule has 0 saturated carbocycles. The van der Waals surface area contributed by atoms with Gasteiger partial charge in [-0.15, -0.1) is 0 Å². The Morgan fingerprint density at radius 2 is 1.62 bits per heavy atom. The Kier molecular flexibility index (Phi) is 6.52. The van der Waals surface area contributed by atoms with Crippen LogP contribution < -0.4 is 5.32 Å². The Labute approximate surface area is 155 Å². The maximum atomic E-state index is 13.1. The highest BCUT2D eigenvalue weighted by molar-refractivity contribution is 7.86. The van der Waals surface area contributed by atoms with Crippen molar-refractivity contribution in [1.82, 2.24) is 18.8 Å². The number of nitrogens with zero attached hydrogens (tertiary/aromatic N) is 3. The highest BCUT2D eigenvalue weighted by Crippen LogP contribution is 2.32. The molecule has 0 radical (unpaired) electrons. The third-order valence-electron chi connectivity index (χ3n) is 5.58. The van der Waals surface area contributed by atoms with E-state index in [0.717, 1.165) is 25.9 Å². The molecular weight excluding hydrogens is 360 g/mol. The van der Waals surface area contributed by atoms with E-state index in [1.165, 1.54) is 8.61 Å². The standard InChI is InChI=1S/C16H30N4O5S/c1-24-14-16(2-4-17-5-3-16)15(21)18-6-8-19(9-7-18)26(22,23)20-10-12-25-13-11-20/h17H,2-14H2,1H3. The first-order chi connectivity index (χ1) is 12.5. The third kappa shape index (κ3) is 4.05. The molecule has 3 rings (SSSR count). The highest BCUT2D eigenvalue weighted by Gasteiger charge is 2.44. The summed E-state index contributed by atoms with van der Waals surface area (Å²) in [6.45, 7) is 5.23. The van der Waals surface area contributed by atoms with Crippen molar-refractivity contribution in [3.63, 3.8) is 0 Å². The Morgan fingerprint density at radius 3 is 2.19 bits per heavy atom. The van der Waals surface area contributed by atoms with Crippen molar-refractivity contribution in [3.05, 3.63) is 0 Å². The predicted molar refractivity (Wildman–Crippen MR) is 95.9 cm³/mol. The normalized spacial score (nSPS) is 26.0. The molecule has 3 aliphatic heterocycles. The van der Waals surface area contributed by atoms with Crippen LogP contribution in [0.15, 0.2) is 0 Å². The molecule has 3 heterocycles. The number of hydrogen-bond acceptors (Lipinski definition) is 6. The number of morpholine rings is 1. The summed E-state index contributed by atoms with van der Waals surface area (Å²) in [5.74, 6) is 0.101. The van der Waals surface area contributed by atoms with E-state index in [2.05, 4.69) is 5.32 Å². The summed E-state index contributed by atoms with van der Waals surface area (Å²) >= 11 is 0. The van der Waals surface area contributed by atoms with E-state index >= 15 is 0 Å². The zero-order valence-electron chi connectivity index (χ0n) is 15.5. The van der Waals surface area contributed by atoms with Crippen LogP contribution in [0.4, 0.5) is 0 Å². The molecule has 0 aromatic rings. The van der Waals surface area contributed by atoms with E-state index in [9.17, 15) is 13.2 Å². The van der Waals surface area contributed by atoms with Gasteiger partial charge >= 0.3 is 0 Å². The van der Waals surface area contributed by atoms with Crippen LogP contribution in [0.5, 0.6) is 0 Å². The second-order valence-corrected chi connectivity index (χ2v) is 9.10. The lowest BCUT2D eigenvalue weighted by molar-refractivity contribution is -0.148. The molecule has 0 bridgehead atoms. The topological polar surface area (TPSA) is 91.4 Å². The smallest absolute Gasteiger partial charge is 0.282 e. The maximum absolute atomic E-state index is 13.1. The van der Waals surface area contributed by atoms with Gasteiger partial charge in [0.2, 0.25) is 5.91 Å². The molecule has 1 amide bonds. The first-order valence-corrected chi connectivity index (χ1v) is 10.7. The van der Waals surface area contributed by atoms with Gasteiger partial charge in [0, 0.05) is 46.4 Å². The van der Waals surface area contributed by atoms with E-state index in [4.69, 9.17) is 9.47 Å². The number of carbonyl (C=O) groups is 1. The van der Waals surface area contributed by atoms with Crippen LogP contribution in [0.3, 0.4) is 0 Å². The van der Waals surface area contributed by atoms with Gasteiger partial charge in [-0.1, -0.05) is 0 Å². The number of amides is 1. The molecule has 0 atom stereocenters. The largest absolute Gasteiger partial charge is 0.384 e. The lowest BCUT2D eigenvalue weighted by Crippen LogP contribution is -2.59. The first-order valence-electron chi connectivity index (χ1n) is 9.32. The van der Waals surface area contributed by atoms with Crippen molar-refractivity contribution in [3.8, 4) is 0 Å². The molecule has 26 heavy (non-hydrogen) atoms. The zero-order valence-corrected chi connectivity index (χ0v) is 16.3. The minimum absolute atomic E-state index is 0.101. The van der Waals surface area contributed by atoms with Gasteiger partial charge in [0.15, 0.2) is 0 Å². The molecule has 9 nitrogen and oxygen atoms in total. The maximum Gasteiger partial charge on any atom is 0.282 e. The summed E-state index contributed by atoms with van der Waals surface area (Å²) in [4.78, 5) is 15.0. The number of nitrogens with one attached hydrogen (secondary N) is 1. The van der Waals surface area contributed by atoms with E-state index < -0.39 is 15.6 Å². The lowest BCUT2D eigenvalue weighted by atomic mass is 9.78. The van der Waals surface area contributed by atoms with Crippen molar-refractivity contribution in [2.24, 2.45) is 5.41 Å². The first kappa shape index (κ1) is 20.0. The van der Waals surface area contributed by atoms with Crippen LogP contribution >= 0.6 is 0 Å². The predicted octanol–water partition coefficient (Wildman–Crippen LogP) is -1.28. The molecule has 0 unspecified atom stereocenters. The average Bonchev–Trinajstić information content (AvgIpc) is 2.69. The van der Waals surface area contributed by atoms with Crippen LogP contribution in [0.1, 0.15) is 12.8 Å². The van der Waals surface area contributed by atoms with Gasteiger partial charge in [0.1, 0.15) is 0 Å². The van der Waals surface area contributed by atoms with Crippen molar-refractivity contribution < 1.29 is 22.7 Å². The number of piperidine rings is 1. The zero-order chi connectivity index (χ0) is 18.6. The summed E-state index contributed by atoms with van der Waals surface area (Å²) in [5, 5.41) is 3.29. The van der Waals surface area contributed by atoms with Crippen LogP contribution in [0.2, 0.25) is 0 Å². The summed E-state index contributed by atoms with van der Waals surface area (Å²) in [6, 6.07) is 0. The lowest BCUT2D eigenvalue weighted by Gasteiger charge is -2.43. The van der Waals surface area contributed by atoms with E-state index in [-0.39, 0.29) is 5.91 Å². The number of piperazine rings is 1. The van der Waals surface area contributed by atoms with Crippen molar-refractivity contribution in [1.29, 1.82) is 0 Å². The quantitative estimate of drug-likeness (QED) is 0.629. The van der Waals surface area contributed by atoms with Crippen molar-refractivity contribution >= 4 is 16.1 Å². The highest BCUT2D eigenvalue weighted by atomic mass is 32.2. The Hall–Kier alpha value is -0.780. The van der Waals surface area contributed by atoms with Crippen LogP contribution in [-0.2, 0) is 24.5 Å². The fourth-order valence-electron chi connectivity index (χ4n) is 4.00. The van der Waals surface area contributed by atoms with Crippen molar-refractivity contribution in [2.75, 3.05) is 79.3 Å². The second kappa shape index (κ2) is 8.49. The molecular formula is C16H30N4O5S. The molecule has 150 valence electrons. The molecule has 3 aliphatic rings. The van der Waals surface area contributed by atoms with Gasteiger partial charge in [0.05, 0.1) is 25.2 Å². The van der Waals surface area contributed by atoms with E-state index in [1.54, 1.807) is 7.11 Å². The van der Waals surface area contributed by atoms with Gasteiger partial charge < -0.3 is 19.7 Å². The van der Waals surface area contributed by atoms with Crippen LogP contribution in [0.25, 0.3) is 0 Å². The molecule has 0 aromatic carbocycles. The molecule has 0 aliphatic carbocycles. The molecule has 1 N–H and O–H groups in total. The van der Waals surface area contributed by atoms with Gasteiger partial charge in [-0.05, 0) is 25.9 Å². The van der Waals surface area contributed by atoms with E-state index in [1.807, 2.05) is 4.90 Å². The SMILES string of the molecule is COCC1(C(=O)N2CCN(S(=O)(=O)N3CCOCC3)CC2)CCNCC1.